The second-order valence-electron chi connectivity index (χ2n) is 13.2. The maximum Gasteiger partial charge on any atom is 0.355 e. The lowest BCUT2D eigenvalue weighted by Crippen LogP contribution is -2.28. The number of rotatable bonds is 20. The number of benzene rings is 2. The van der Waals surface area contributed by atoms with E-state index in [1.54, 1.807) is 23.5 Å². The lowest BCUT2D eigenvalue weighted by molar-refractivity contribution is 0.0690. The molecule has 0 saturated carbocycles. The average Bonchev–Trinajstić information content (AvgIpc) is 3.76. The van der Waals surface area contributed by atoms with E-state index in [9.17, 15) is 14.3 Å². The number of aryl methyl sites for hydroxylation is 2. The molecule has 0 aliphatic heterocycles. The largest absolute Gasteiger partial charge is 0.491 e. The van der Waals surface area contributed by atoms with E-state index in [0.29, 0.717) is 53.1 Å². The van der Waals surface area contributed by atoms with Crippen LogP contribution in [0.15, 0.2) is 48.5 Å². The second kappa shape index (κ2) is 20.1. The van der Waals surface area contributed by atoms with E-state index in [2.05, 4.69) is 54.6 Å². The number of hydrogen-bond donors (Lipinski definition) is 3. The summed E-state index contributed by atoms with van der Waals surface area (Å²) in [6.45, 7) is 6.22. The number of aromatic carboxylic acids is 1. The molecule has 5 aromatic rings. The number of carboxylic acids is 1. The van der Waals surface area contributed by atoms with E-state index >= 15 is 0 Å². The number of aromatic nitrogens is 4. The average molecular weight is 774 g/mol. The summed E-state index contributed by atoms with van der Waals surface area (Å²) in [6, 6.07) is 14.6. The normalized spacial score (nSPS) is 11.3. The van der Waals surface area contributed by atoms with Gasteiger partial charge < -0.3 is 30.3 Å². The van der Waals surface area contributed by atoms with E-state index in [0.717, 1.165) is 59.8 Å². The summed E-state index contributed by atoms with van der Waals surface area (Å²) in [5, 5.41) is 27.0. The summed E-state index contributed by atoms with van der Waals surface area (Å²) >= 11 is 2.87. The Morgan fingerprint density at radius 3 is 2.54 bits per heavy atom. The van der Waals surface area contributed by atoms with Crippen LogP contribution >= 0.6 is 22.7 Å². The lowest BCUT2D eigenvalue weighted by Gasteiger charge is -2.22. The van der Waals surface area contributed by atoms with Gasteiger partial charge in [-0.1, -0.05) is 41.7 Å². The summed E-state index contributed by atoms with van der Waals surface area (Å²) in [4.78, 5) is 28.5. The Kier molecular flexibility index (Phi) is 15.1. The number of fused-ring (bicyclic) bond motifs is 1. The maximum absolute atomic E-state index is 14.7. The number of nitrogens with one attached hydrogen (secondary N) is 2. The Balaban J connectivity index is 1.29. The van der Waals surface area contributed by atoms with Gasteiger partial charge in [-0.3, -0.25) is 4.90 Å². The standard InChI is InChI=1S/C39H48FN9O3S2/c1-27-25-34(45-46-36(27)44-38-42-30-14-7-8-15-32(30)53-38)49(22-10-6-9-21-48(5)23-19-41-2)39-43-35(37(50)51)33(54-39)16-12-24-52-31-18-17-28(26-29(31)40)13-11-20-47(3)4/h7-8,14-15,17-18,25-26,41H,6,9-10,12,16,19-24H2,1-5H3,(H,50,51)(H,42,44,46). The van der Waals surface area contributed by atoms with Crippen molar-refractivity contribution in [1.82, 2.24) is 35.3 Å². The van der Waals surface area contributed by atoms with Gasteiger partial charge in [-0.05, 0) is 109 Å². The molecule has 0 bridgehead atoms. The zero-order valence-electron chi connectivity index (χ0n) is 31.5. The highest BCUT2D eigenvalue weighted by Gasteiger charge is 2.23. The second-order valence-corrected chi connectivity index (χ2v) is 15.3. The third kappa shape index (κ3) is 11.6. The predicted octanol–water partition coefficient (Wildman–Crippen LogP) is 6.82. The van der Waals surface area contributed by atoms with E-state index in [-0.39, 0.29) is 18.1 Å². The summed E-state index contributed by atoms with van der Waals surface area (Å²) in [5.41, 5.74) is 2.35. The van der Waals surface area contributed by atoms with Crippen LogP contribution in [0.5, 0.6) is 5.75 Å². The first-order valence-corrected chi connectivity index (χ1v) is 19.6. The van der Waals surface area contributed by atoms with Gasteiger partial charge in [0, 0.05) is 30.1 Å². The topological polar surface area (TPSA) is 132 Å². The molecule has 3 heterocycles. The van der Waals surface area contributed by atoms with Crippen LogP contribution in [0.25, 0.3) is 10.2 Å². The van der Waals surface area contributed by atoms with Crippen LogP contribution in [-0.2, 0) is 6.42 Å². The highest BCUT2D eigenvalue weighted by atomic mass is 32.1. The van der Waals surface area contributed by atoms with E-state index < -0.39 is 11.8 Å². The number of halogens is 1. The van der Waals surface area contributed by atoms with Gasteiger partial charge in [-0.15, -0.1) is 21.5 Å². The van der Waals surface area contributed by atoms with Crippen LogP contribution in [0.2, 0.25) is 0 Å². The van der Waals surface area contributed by atoms with Crippen LogP contribution in [0.4, 0.5) is 26.3 Å². The molecular weight excluding hydrogens is 726 g/mol. The fraction of sp³-hybridized carbons (Fsp3) is 0.410. The Morgan fingerprint density at radius 2 is 1.80 bits per heavy atom. The number of unbranched alkanes of at least 4 members (excludes halogenated alkanes) is 2. The molecule has 15 heteroatoms. The number of hydrogen-bond acceptors (Lipinski definition) is 13. The van der Waals surface area contributed by atoms with Gasteiger partial charge >= 0.3 is 5.97 Å². The molecule has 0 atom stereocenters. The first-order chi connectivity index (χ1) is 26.1. The molecule has 0 radical (unpaired) electrons. The van der Waals surface area contributed by atoms with Gasteiger partial charge in [-0.25, -0.2) is 19.2 Å². The molecule has 3 N–H and O–H groups in total. The lowest BCUT2D eigenvalue weighted by atomic mass is 10.2. The van der Waals surface area contributed by atoms with Crippen molar-refractivity contribution in [3.05, 3.63) is 76.0 Å². The third-order valence-corrected chi connectivity index (χ3v) is 10.5. The number of likely N-dealkylation sites (N-methyl/N-ethyl adjacent to an activating group) is 2. The smallest absolute Gasteiger partial charge is 0.355 e. The highest BCUT2D eigenvalue weighted by Crippen LogP contribution is 2.34. The van der Waals surface area contributed by atoms with Gasteiger partial charge in [0.15, 0.2) is 39.2 Å². The number of carbonyl (C=O) groups is 1. The van der Waals surface area contributed by atoms with E-state index in [1.807, 2.05) is 68.2 Å². The zero-order valence-corrected chi connectivity index (χ0v) is 33.1. The molecule has 0 aliphatic rings. The van der Waals surface area contributed by atoms with Gasteiger partial charge in [0.25, 0.3) is 0 Å². The summed E-state index contributed by atoms with van der Waals surface area (Å²) in [7, 11) is 7.92. The fourth-order valence-electron chi connectivity index (χ4n) is 5.51. The number of nitrogens with zero attached hydrogens (tertiary/aromatic N) is 7. The molecule has 0 unspecified atom stereocenters. The minimum absolute atomic E-state index is 0.00297. The van der Waals surface area contributed by atoms with Crippen molar-refractivity contribution < 1.29 is 19.0 Å². The molecule has 3 aromatic heterocycles. The van der Waals surface area contributed by atoms with Gasteiger partial charge in [0.05, 0.1) is 23.4 Å². The van der Waals surface area contributed by atoms with E-state index in [1.165, 1.54) is 17.4 Å². The van der Waals surface area contributed by atoms with Crippen LogP contribution in [-0.4, -0.2) is 109 Å². The minimum atomic E-state index is -1.10. The number of para-hydroxylation sites is 1. The Hall–Kier alpha value is -4.72. The summed E-state index contributed by atoms with van der Waals surface area (Å²) in [6.07, 6.45) is 3.73. The summed E-state index contributed by atoms with van der Waals surface area (Å²) in [5.74, 6) is 5.66. The molecule has 0 spiro atoms. The SMILES string of the molecule is CNCCN(C)CCCCCN(c1cc(C)c(Nc2nc3ccccc3s2)nn1)c1nc(C(=O)O)c(CCCOc2ccc(C#CCN(C)C)cc2F)s1. The number of thiazole rings is 2. The van der Waals surface area contributed by atoms with Crippen molar-refractivity contribution in [3.63, 3.8) is 0 Å². The fourth-order valence-corrected chi connectivity index (χ4v) is 7.50. The Bertz CT molecular complexity index is 2030. The molecule has 0 aliphatic carbocycles. The molecule has 0 saturated heterocycles. The van der Waals surface area contributed by atoms with Crippen molar-refractivity contribution >= 4 is 60.8 Å². The van der Waals surface area contributed by atoms with Crippen LogP contribution in [0.3, 0.4) is 0 Å². The summed E-state index contributed by atoms with van der Waals surface area (Å²) < 4.78 is 21.6. The number of ether oxygens (including phenoxy) is 1. The maximum atomic E-state index is 14.7. The molecule has 54 heavy (non-hydrogen) atoms. The van der Waals surface area contributed by atoms with Gasteiger partial charge in [0.1, 0.15) is 0 Å². The highest BCUT2D eigenvalue weighted by molar-refractivity contribution is 7.22. The quantitative estimate of drug-likeness (QED) is 0.0567. The number of anilines is 4. The third-order valence-electron chi connectivity index (χ3n) is 8.42. The predicted molar refractivity (Wildman–Crippen MR) is 217 cm³/mol. The first-order valence-electron chi connectivity index (χ1n) is 18.0. The number of carboxylic acid groups (broad SMARTS) is 1. The van der Waals surface area contributed by atoms with Gasteiger partial charge in [-0.2, -0.15) is 0 Å². The molecule has 2 aromatic carbocycles. The van der Waals surface area contributed by atoms with Crippen LogP contribution < -0.4 is 20.3 Å². The van der Waals surface area contributed by atoms with Crippen LogP contribution in [0, 0.1) is 24.6 Å². The minimum Gasteiger partial charge on any atom is -0.491 e. The Morgan fingerprint density at radius 1 is 0.981 bits per heavy atom. The Labute approximate surface area is 324 Å². The zero-order chi connectivity index (χ0) is 38.5. The molecule has 5 rings (SSSR count). The van der Waals surface area contributed by atoms with Crippen molar-refractivity contribution in [1.29, 1.82) is 0 Å². The molecule has 286 valence electrons. The van der Waals surface area contributed by atoms with Crippen molar-refractivity contribution in [2.75, 3.05) is 77.7 Å². The van der Waals surface area contributed by atoms with E-state index in [4.69, 9.17) is 4.74 Å². The van der Waals surface area contributed by atoms with Crippen molar-refractivity contribution in [2.45, 2.75) is 39.0 Å². The molecule has 0 fully saturated rings. The molecule has 12 nitrogen and oxygen atoms in total. The molecule has 0 amide bonds. The van der Waals surface area contributed by atoms with Crippen molar-refractivity contribution in [3.8, 4) is 17.6 Å². The monoisotopic (exact) mass is 773 g/mol. The molecular formula is C39H48FN9O3S2. The van der Waals surface area contributed by atoms with Crippen molar-refractivity contribution in [2.24, 2.45) is 0 Å². The first kappa shape index (κ1) is 40.5. The van der Waals surface area contributed by atoms with Gasteiger partial charge in [0.2, 0.25) is 0 Å². The van der Waals surface area contributed by atoms with Crippen LogP contribution in [0.1, 0.15) is 52.2 Å².